The van der Waals surface area contributed by atoms with Gasteiger partial charge in [-0.15, -0.1) is 0 Å². The minimum Gasteiger partial charge on any atom is -0.378 e. The molecule has 0 aliphatic carbocycles. The summed E-state index contributed by atoms with van der Waals surface area (Å²) in [4.78, 5) is 23.6. The summed E-state index contributed by atoms with van der Waals surface area (Å²) < 4.78 is 28.9. The Morgan fingerprint density at radius 1 is 1.03 bits per heavy atom. The number of aromatic nitrogens is 2. The van der Waals surface area contributed by atoms with Gasteiger partial charge >= 0.3 is 0 Å². The Hall–Kier alpha value is -1.27. The van der Waals surface area contributed by atoms with Crippen molar-refractivity contribution in [2.24, 2.45) is 0 Å². The molecule has 172 valence electrons. The number of hydrogen-bond donors (Lipinski definition) is 0. The van der Waals surface area contributed by atoms with Crippen molar-refractivity contribution in [1.82, 2.24) is 14.9 Å². The van der Waals surface area contributed by atoms with Crippen molar-refractivity contribution in [3.8, 4) is 0 Å². The van der Waals surface area contributed by atoms with Gasteiger partial charge in [0.2, 0.25) is 0 Å². The van der Waals surface area contributed by atoms with Crippen molar-refractivity contribution < 1.29 is 23.4 Å². The molecular weight excluding hydrogens is 516 g/mol. The standard InChI is InChI=1S/C22H31FIN3O4/c1-2-27(9-11-30-13-15-31-14-12-29-10-7-23)8-3-4-22(28)21-17-25-20-16-18(24)5-6-19(20)26-21/h5-6,16-17H,2-4,7-15H2,1H3. The molecule has 0 aliphatic heterocycles. The molecule has 0 bridgehead atoms. The van der Waals surface area contributed by atoms with Crippen LogP contribution in [-0.2, 0) is 14.2 Å². The third-order valence-corrected chi connectivity index (χ3v) is 5.30. The van der Waals surface area contributed by atoms with E-state index in [4.69, 9.17) is 14.2 Å². The van der Waals surface area contributed by atoms with E-state index in [2.05, 4.69) is 44.4 Å². The number of ether oxygens (including phenoxy) is 3. The highest BCUT2D eigenvalue weighted by Gasteiger charge is 2.11. The summed E-state index contributed by atoms with van der Waals surface area (Å²) in [5.41, 5.74) is 1.97. The molecule has 0 atom stereocenters. The molecule has 0 fully saturated rings. The fourth-order valence-corrected chi connectivity index (χ4v) is 3.40. The Morgan fingerprint density at radius 2 is 1.74 bits per heavy atom. The Labute approximate surface area is 196 Å². The first-order valence-electron chi connectivity index (χ1n) is 10.6. The molecular formula is C22H31FIN3O4. The van der Waals surface area contributed by atoms with Crippen LogP contribution < -0.4 is 0 Å². The molecule has 0 radical (unpaired) electrons. The van der Waals surface area contributed by atoms with Crippen molar-refractivity contribution in [1.29, 1.82) is 0 Å². The zero-order valence-electron chi connectivity index (χ0n) is 18.0. The van der Waals surface area contributed by atoms with Gasteiger partial charge in [0.1, 0.15) is 12.4 Å². The highest BCUT2D eigenvalue weighted by Crippen LogP contribution is 2.14. The number of nitrogens with zero attached hydrogens (tertiary/aromatic N) is 3. The van der Waals surface area contributed by atoms with Gasteiger partial charge in [-0.1, -0.05) is 6.92 Å². The van der Waals surface area contributed by atoms with Crippen LogP contribution in [0.3, 0.4) is 0 Å². The summed E-state index contributed by atoms with van der Waals surface area (Å²) in [5, 5.41) is 0. The number of halogens is 2. The fraction of sp³-hybridized carbons (Fsp3) is 0.591. The van der Waals surface area contributed by atoms with E-state index < -0.39 is 6.67 Å². The van der Waals surface area contributed by atoms with Gasteiger partial charge in [0.05, 0.1) is 56.9 Å². The highest BCUT2D eigenvalue weighted by molar-refractivity contribution is 14.1. The Balaban J connectivity index is 1.58. The molecule has 1 aromatic heterocycles. The Morgan fingerprint density at radius 3 is 2.45 bits per heavy atom. The number of hydrogen-bond acceptors (Lipinski definition) is 7. The molecule has 0 saturated carbocycles. The van der Waals surface area contributed by atoms with Crippen LogP contribution in [0.15, 0.2) is 24.4 Å². The summed E-state index contributed by atoms with van der Waals surface area (Å²) >= 11 is 2.23. The molecule has 9 heteroatoms. The highest BCUT2D eigenvalue weighted by atomic mass is 127. The lowest BCUT2D eigenvalue weighted by Gasteiger charge is -2.20. The largest absolute Gasteiger partial charge is 0.378 e. The number of rotatable bonds is 17. The predicted octanol–water partition coefficient (Wildman–Crippen LogP) is 3.54. The molecule has 0 unspecified atom stereocenters. The molecule has 1 heterocycles. The van der Waals surface area contributed by atoms with Crippen LogP contribution in [0.1, 0.15) is 30.3 Å². The molecule has 31 heavy (non-hydrogen) atoms. The molecule has 0 amide bonds. The van der Waals surface area contributed by atoms with Crippen molar-refractivity contribution in [2.75, 3.05) is 66.0 Å². The quantitative estimate of drug-likeness (QED) is 0.171. The van der Waals surface area contributed by atoms with Crippen LogP contribution in [0.4, 0.5) is 4.39 Å². The Bertz CT molecular complexity index is 796. The van der Waals surface area contributed by atoms with Crippen molar-refractivity contribution in [3.05, 3.63) is 33.7 Å². The number of benzene rings is 1. The molecule has 7 nitrogen and oxygen atoms in total. The summed E-state index contributed by atoms with van der Waals surface area (Å²) in [6.07, 6.45) is 2.78. The van der Waals surface area contributed by atoms with E-state index in [1.165, 1.54) is 0 Å². The van der Waals surface area contributed by atoms with Gasteiger partial charge in [-0.25, -0.2) is 9.37 Å². The Kier molecular flexibility index (Phi) is 13.0. The first-order chi connectivity index (χ1) is 15.1. The van der Waals surface area contributed by atoms with E-state index in [-0.39, 0.29) is 12.4 Å². The molecule has 2 aromatic rings. The first kappa shape index (κ1) is 26.0. The summed E-state index contributed by atoms with van der Waals surface area (Å²) in [6.45, 7) is 6.73. The smallest absolute Gasteiger partial charge is 0.182 e. The average molecular weight is 547 g/mol. The lowest BCUT2D eigenvalue weighted by molar-refractivity contribution is 0.00879. The molecule has 2 rings (SSSR count). The summed E-state index contributed by atoms with van der Waals surface area (Å²) in [6, 6.07) is 5.81. The van der Waals surface area contributed by atoms with Crippen molar-refractivity contribution in [2.45, 2.75) is 19.8 Å². The van der Waals surface area contributed by atoms with Gasteiger partial charge in [0, 0.05) is 16.5 Å². The lowest BCUT2D eigenvalue weighted by Crippen LogP contribution is -2.29. The zero-order valence-corrected chi connectivity index (χ0v) is 20.2. The first-order valence-corrected chi connectivity index (χ1v) is 11.7. The minimum atomic E-state index is -0.470. The minimum absolute atomic E-state index is 0.0212. The second-order valence-electron chi connectivity index (χ2n) is 6.88. The van der Waals surface area contributed by atoms with Gasteiger partial charge < -0.3 is 19.1 Å². The average Bonchev–Trinajstić information content (AvgIpc) is 2.78. The van der Waals surface area contributed by atoms with Crippen LogP contribution in [0, 0.1) is 3.57 Å². The number of carbonyl (C=O) groups excluding carboxylic acids is 1. The van der Waals surface area contributed by atoms with Gasteiger partial charge in [-0.3, -0.25) is 9.78 Å². The molecule has 0 N–H and O–H groups in total. The number of carbonyl (C=O) groups is 1. The second-order valence-corrected chi connectivity index (χ2v) is 8.12. The van der Waals surface area contributed by atoms with Crippen molar-refractivity contribution in [3.63, 3.8) is 0 Å². The summed E-state index contributed by atoms with van der Waals surface area (Å²) in [5.74, 6) is 0.0212. The zero-order chi connectivity index (χ0) is 22.3. The van der Waals surface area contributed by atoms with Gasteiger partial charge in [-0.05, 0) is 60.3 Å². The molecule has 0 aliphatic rings. The SMILES string of the molecule is CCN(CCCC(=O)c1cnc2cc(I)ccc2n1)CCOCCOCCOCCF. The van der Waals surface area contributed by atoms with E-state index >= 15 is 0 Å². The second kappa shape index (κ2) is 15.5. The third-order valence-electron chi connectivity index (χ3n) is 4.63. The van der Waals surface area contributed by atoms with E-state index in [0.717, 1.165) is 40.7 Å². The predicted molar refractivity (Wildman–Crippen MR) is 126 cm³/mol. The monoisotopic (exact) mass is 547 g/mol. The molecule has 1 aromatic carbocycles. The topological polar surface area (TPSA) is 73.8 Å². The number of Topliss-reactive ketones (excluding diaryl/α,β-unsaturated/α-hetero) is 1. The lowest BCUT2D eigenvalue weighted by atomic mass is 10.1. The third kappa shape index (κ3) is 10.3. The number of likely N-dealkylation sites (N-methyl/N-ethyl adjacent to an activating group) is 1. The van der Waals surface area contributed by atoms with Crippen molar-refractivity contribution >= 4 is 39.4 Å². The van der Waals surface area contributed by atoms with Gasteiger partial charge in [-0.2, -0.15) is 0 Å². The van der Waals surface area contributed by atoms with E-state index in [1.807, 2.05) is 18.2 Å². The van der Waals surface area contributed by atoms with Gasteiger partial charge in [0.25, 0.3) is 0 Å². The van der Waals surface area contributed by atoms with Crippen LogP contribution in [0.5, 0.6) is 0 Å². The van der Waals surface area contributed by atoms with Gasteiger partial charge in [0.15, 0.2) is 5.78 Å². The van der Waals surface area contributed by atoms with Crippen LogP contribution in [-0.4, -0.2) is 86.6 Å². The number of alkyl halides is 1. The number of fused-ring (bicyclic) bond motifs is 1. The van der Waals surface area contributed by atoms with E-state index in [1.54, 1.807) is 6.20 Å². The van der Waals surface area contributed by atoms with Crippen LogP contribution in [0.25, 0.3) is 11.0 Å². The van der Waals surface area contributed by atoms with Crippen LogP contribution in [0.2, 0.25) is 0 Å². The normalized spacial score (nSPS) is 11.5. The number of ketones is 1. The fourth-order valence-electron chi connectivity index (χ4n) is 2.93. The van der Waals surface area contributed by atoms with Crippen LogP contribution >= 0.6 is 22.6 Å². The van der Waals surface area contributed by atoms with E-state index in [0.29, 0.717) is 45.1 Å². The maximum absolute atomic E-state index is 12.5. The van der Waals surface area contributed by atoms with E-state index in [9.17, 15) is 9.18 Å². The summed E-state index contributed by atoms with van der Waals surface area (Å²) in [7, 11) is 0. The maximum Gasteiger partial charge on any atom is 0.182 e. The molecule has 0 spiro atoms. The molecule has 0 saturated heterocycles. The maximum atomic E-state index is 12.5.